The summed E-state index contributed by atoms with van der Waals surface area (Å²) in [5.74, 6) is -1.29. The monoisotopic (exact) mass is 288 g/mol. The van der Waals surface area contributed by atoms with E-state index in [1.54, 1.807) is 26.0 Å². The van der Waals surface area contributed by atoms with Gasteiger partial charge in [0.1, 0.15) is 6.54 Å². The van der Waals surface area contributed by atoms with Crippen molar-refractivity contribution in [2.75, 3.05) is 7.05 Å². The second-order valence-electron chi connectivity index (χ2n) is 4.86. The topological polar surface area (TPSA) is 88.4 Å². The summed E-state index contributed by atoms with van der Waals surface area (Å²) >= 11 is 0. The molecule has 0 spiro atoms. The molecule has 0 aliphatic heterocycles. The van der Waals surface area contributed by atoms with Crippen molar-refractivity contribution in [3.8, 4) is 0 Å². The van der Waals surface area contributed by atoms with E-state index in [9.17, 15) is 19.5 Å². The molecular weight excluding hydrogens is 272 g/mol. The number of carboxylic acids is 1. The molecule has 21 heavy (non-hydrogen) atoms. The van der Waals surface area contributed by atoms with Crippen molar-refractivity contribution in [3.63, 3.8) is 0 Å². The first-order chi connectivity index (χ1) is 9.86. The predicted molar refractivity (Wildman–Crippen MR) is 78.7 cm³/mol. The first-order valence-electron chi connectivity index (χ1n) is 6.44. The van der Waals surface area contributed by atoms with Crippen LogP contribution in [-0.2, 0) is 11.3 Å². The highest BCUT2D eigenvalue weighted by Gasteiger charge is 2.16. The summed E-state index contributed by atoms with van der Waals surface area (Å²) in [6, 6.07) is 4.58. The SMILES string of the molecule is CNC(=O)Cn1c(=O)ccc2c(C)c(C(=O)O)c(C)cc21. The molecule has 2 aromatic rings. The van der Waals surface area contributed by atoms with Crippen LogP contribution in [0.5, 0.6) is 0 Å². The van der Waals surface area contributed by atoms with Crippen molar-refractivity contribution in [1.82, 2.24) is 9.88 Å². The number of rotatable bonds is 3. The van der Waals surface area contributed by atoms with Crippen LogP contribution in [0, 0.1) is 13.8 Å². The van der Waals surface area contributed by atoms with E-state index in [4.69, 9.17) is 0 Å². The van der Waals surface area contributed by atoms with Crippen molar-refractivity contribution in [1.29, 1.82) is 0 Å². The van der Waals surface area contributed by atoms with E-state index >= 15 is 0 Å². The lowest BCUT2D eigenvalue weighted by molar-refractivity contribution is -0.121. The smallest absolute Gasteiger partial charge is 0.336 e. The molecule has 110 valence electrons. The minimum atomic E-state index is -1.00. The number of carbonyl (C=O) groups excluding carboxylic acids is 1. The van der Waals surface area contributed by atoms with Crippen LogP contribution >= 0.6 is 0 Å². The van der Waals surface area contributed by atoms with Crippen LogP contribution < -0.4 is 10.9 Å². The van der Waals surface area contributed by atoms with Crippen LogP contribution in [0.2, 0.25) is 0 Å². The molecule has 0 saturated carbocycles. The Labute approximate surface area is 121 Å². The number of aromatic nitrogens is 1. The minimum absolute atomic E-state index is 0.0992. The molecule has 0 aliphatic carbocycles. The number of likely N-dealkylation sites (N-methyl/N-ethyl adjacent to an activating group) is 1. The van der Waals surface area contributed by atoms with Gasteiger partial charge in [-0.2, -0.15) is 0 Å². The molecule has 0 radical (unpaired) electrons. The van der Waals surface area contributed by atoms with E-state index in [0.717, 1.165) is 0 Å². The Morgan fingerprint density at radius 1 is 1.29 bits per heavy atom. The normalized spacial score (nSPS) is 10.6. The average molecular weight is 288 g/mol. The number of benzene rings is 1. The molecule has 1 heterocycles. The molecule has 6 heteroatoms. The van der Waals surface area contributed by atoms with Gasteiger partial charge in [0.15, 0.2) is 0 Å². The fourth-order valence-electron chi connectivity index (χ4n) is 2.49. The number of nitrogens with one attached hydrogen (secondary N) is 1. The maximum atomic E-state index is 12.0. The van der Waals surface area contributed by atoms with Crippen molar-refractivity contribution in [2.45, 2.75) is 20.4 Å². The summed E-state index contributed by atoms with van der Waals surface area (Å²) in [7, 11) is 1.50. The lowest BCUT2D eigenvalue weighted by Gasteiger charge is -2.14. The number of hydrogen-bond donors (Lipinski definition) is 2. The van der Waals surface area contributed by atoms with E-state index in [2.05, 4.69) is 5.32 Å². The summed E-state index contributed by atoms with van der Waals surface area (Å²) < 4.78 is 1.35. The molecule has 2 rings (SSSR count). The fraction of sp³-hybridized carbons (Fsp3) is 0.267. The zero-order valence-corrected chi connectivity index (χ0v) is 12.1. The van der Waals surface area contributed by atoms with E-state index in [0.29, 0.717) is 22.0 Å². The number of amides is 1. The maximum absolute atomic E-state index is 12.0. The number of carboxylic acid groups (broad SMARTS) is 1. The van der Waals surface area contributed by atoms with Crippen molar-refractivity contribution in [3.05, 3.63) is 45.2 Å². The number of fused-ring (bicyclic) bond motifs is 1. The predicted octanol–water partition coefficient (Wildman–Crippen LogP) is 1.06. The Morgan fingerprint density at radius 3 is 2.52 bits per heavy atom. The van der Waals surface area contributed by atoms with Crippen LogP contribution in [0.25, 0.3) is 10.9 Å². The molecule has 0 fully saturated rings. The van der Waals surface area contributed by atoms with Gasteiger partial charge in [-0.15, -0.1) is 0 Å². The van der Waals surface area contributed by atoms with Gasteiger partial charge in [-0.25, -0.2) is 4.79 Å². The highest BCUT2D eigenvalue weighted by atomic mass is 16.4. The van der Waals surface area contributed by atoms with Gasteiger partial charge >= 0.3 is 5.97 Å². The Morgan fingerprint density at radius 2 is 1.95 bits per heavy atom. The zero-order chi connectivity index (χ0) is 15.7. The molecular formula is C15H16N2O4. The number of pyridine rings is 1. The van der Waals surface area contributed by atoms with Gasteiger partial charge < -0.3 is 10.4 Å². The average Bonchev–Trinajstić information content (AvgIpc) is 2.41. The first-order valence-corrected chi connectivity index (χ1v) is 6.44. The highest BCUT2D eigenvalue weighted by molar-refractivity contribution is 5.98. The van der Waals surface area contributed by atoms with Crippen molar-refractivity contribution < 1.29 is 14.7 Å². The van der Waals surface area contributed by atoms with Crippen LogP contribution in [-0.4, -0.2) is 28.6 Å². The van der Waals surface area contributed by atoms with Crippen LogP contribution in [0.3, 0.4) is 0 Å². The molecule has 2 N–H and O–H groups in total. The van der Waals surface area contributed by atoms with Gasteiger partial charge in [-0.05, 0) is 37.1 Å². The summed E-state index contributed by atoms with van der Waals surface area (Å²) in [6.45, 7) is 3.28. The van der Waals surface area contributed by atoms with Crippen LogP contribution in [0.1, 0.15) is 21.5 Å². The van der Waals surface area contributed by atoms with Crippen molar-refractivity contribution >= 4 is 22.8 Å². The molecule has 0 bridgehead atoms. The van der Waals surface area contributed by atoms with Gasteiger partial charge in [-0.1, -0.05) is 0 Å². The maximum Gasteiger partial charge on any atom is 0.336 e. The van der Waals surface area contributed by atoms with E-state index in [-0.39, 0.29) is 23.6 Å². The molecule has 1 amide bonds. The third kappa shape index (κ3) is 2.52. The van der Waals surface area contributed by atoms with Gasteiger partial charge in [0.2, 0.25) is 5.91 Å². The Balaban J connectivity index is 2.82. The molecule has 0 unspecified atom stereocenters. The third-order valence-corrected chi connectivity index (χ3v) is 3.55. The first kappa shape index (κ1) is 14.8. The quantitative estimate of drug-likeness (QED) is 0.884. The fourth-order valence-corrected chi connectivity index (χ4v) is 2.49. The number of hydrogen-bond acceptors (Lipinski definition) is 3. The third-order valence-electron chi connectivity index (χ3n) is 3.55. The van der Waals surface area contributed by atoms with Crippen molar-refractivity contribution in [2.24, 2.45) is 0 Å². The number of aryl methyl sites for hydroxylation is 2. The molecule has 1 aromatic heterocycles. The van der Waals surface area contributed by atoms with Crippen LogP contribution in [0.4, 0.5) is 0 Å². The number of aromatic carboxylic acids is 1. The summed E-state index contributed by atoms with van der Waals surface area (Å²) in [5, 5.41) is 12.4. The molecule has 0 saturated heterocycles. The van der Waals surface area contributed by atoms with E-state index in [1.165, 1.54) is 17.7 Å². The Hall–Kier alpha value is -2.63. The van der Waals surface area contributed by atoms with Crippen LogP contribution in [0.15, 0.2) is 23.0 Å². The van der Waals surface area contributed by atoms with Gasteiger partial charge in [0.05, 0.1) is 11.1 Å². The number of carbonyl (C=O) groups is 2. The minimum Gasteiger partial charge on any atom is -0.478 e. The second-order valence-corrected chi connectivity index (χ2v) is 4.86. The molecule has 0 atom stereocenters. The van der Waals surface area contributed by atoms with Gasteiger partial charge in [-0.3, -0.25) is 14.2 Å². The lowest BCUT2D eigenvalue weighted by Crippen LogP contribution is -2.30. The largest absolute Gasteiger partial charge is 0.478 e. The summed E-state index contributed by atoms with van der Waals surface area (Å²) in [5.41, 5.74) is 1.64. The van der Waals surface area contributed by atoms with E-state index in [1.807, 2.05) is 0 Å². The summed E-state index contributed by atoms with van der Waals surface area (Å²) in [4.78, 5) is 34.9. The summed E-state index contributed by atoms with van der Waals surface area (Å²) in [6.07, 6.45) is 0. The molecule has 0 aliphatic rings. The Kier molecular flexibility index (Phi) is 3.80. The van der Waals surface area contributed by atoms with E-state index < -0.39 is 5.97 Å². The number of nitrogens with zero attached hydrogens (tertiary/aromatic N) is 1. The zero-order valence-electron chi connectivity index (χ0n) is 12.1. The van der Waals surface area contributed by atoms with Gasteiger partial charge in [0, 0.05) is 18.5 Å². The van der Waals surface area contributed by atoms with Gasteiger partial charge in [0.25, 0.3) is 5.56 Å². The Bertz CT molecular complexity index is 805. The lowest BCUT2D eigenvalue weighted by atomic mass is 9.98. The standard InChI is InChI=1S/C15H16N2O4/c1-8-6-11-10(9(2)14(8)15(20)21)4-5-13(19)17(11)7-12(18)16-3/h4-6H,7H2,1-3H3,(H,16,18)(H,20,21). The molecule has 1 aromatic carbocycles. The highest BCUT2D eigenvalue weighted by Crippen LogP contribution is 2.24. The molecule has 6 nitrogen and oxygen atoms in total. The second kappa shape index (κ2) is 5.40.